The number of nitrogens with one attached hydrogen (secondary N) is 1. The minimum Gasteiger partial charge on any atom is -0.481 e. The summed E-state index contributed by atoms with van der Waals surface area (Å²) in [6.45, 7) is 2.39. The van der Waals surface area contributed by atoms with Crippen LogP contribution in [0.3, 0.4) is 0 Å². The van der Waals surface area contributed by atoms with E-state index in [4.69, 9.17) is 29.2 Å². The standard InChI is InChI=1S/C17H19F2N4O6P.C4H6O2.C2H4O2/c1-11(24)21-14-7-8-23(16(25)22-14)15-17(18,19)9-13(28-15)10-27-30(20,26)29-12-5-3-2-4-6-12;5-4-2-1-3-6-4;1-2(3)4/h2-8,13,15H,9-10H2,1H3,(H2,20,26)(H,21,22,24,25);1-3H2;1H3,(H,3,4). The molecule has 2 aliphatic rings. The van der Waals surface area contributed by atoms with E-state index in [1.54, 1.807) is 18.2 Å². The van der Waals surface area contributed by atoms with Crippen molar-refractivity contribution >= 4 is 31.4 Å². The molecule has 3 atom stereocenters. The summed E-state index contributed by atoms with van der Waals surface area (Å²) in [7, 11) is -4.08. The van der Waals surface area contributed by atoms with Gasteiger partial charge in [0.15, 0.2) is 0 Å². The molecule has 0 bridgehead atoms. The molecule has 40 heavy (non-hydrogen) atoms. The van der Waals surface area contributed by atoms with Crippen LogP contribution in [0.1, 0.15) is 39.3 Å². The molecule has 2 aliphatic heterocycles. The first-order valence-electron chi connectivity index (χ1n) is 11.7. The number of carbonyl (C=O) groups excluding carboxylic acids is 2. The van der Waals surface area contributed by atoms with E-state index in [2.05, 4.69) is 15.0 Å². The van der Waals surface area contributed by atoms with Crippen LogP contribution in [0.4, 0.5) is 14.6 Å². The normalized spacial score (nSPS) is 20.5. The van der Waals surface area contributed by atoms with Gasteiger partial charge in [0.05, 0.1) is 19.3 Å². The molecule has 4 rings (SSSR count). The Hall–Kier alpha value is -3.72. The number of carboxylic acid groups (broad SMARTS) is 1. The summed E-state index contributed by atoms with van der Waals surface area (Å²) in [6, 6.07) is 9.16. The van der Waals surface area contributed by atoms with Gasteiger partial charge in [-0.05, 0) is 24.6 Å². The number of para-hydroxylation sites is 1. The highest BCUT2D eigenvalue weighted by molar-refractivity contribution is 7.51. The molecule has 0 radical (unpaired) electrons. The van der Waals surface area contributed by atoms with Crippen molar-refractivity contribution in [2.75, 3.05) is 18.5 Å². The maximum Gasteiger partial charge on any atom is 0.456 e. The molecular formula is C23H29F2N4O10P. The van der Waals surface area contributed by atoms with Crippen LogP contribution in [0.5, 0.6) is 5.75 Å². The van der Waals surface area contributed by atoms with Crippen molar-refractivity contribution in [2.24, 2.45) is 5.50 Å². The Morgan fingerprint density at radius 2 is 1.90 bits per heavy atom. The van der Waals surface area contributed by atoms with E-state index in [1.807, 2.05) is 0 Å². The van der Waals surface area contributed by atoms with E-state index in [0.29, 0.717) is 17.6 Å². The van der Waals surface area contributed by atoms with Gasteiger partial charge in [0.1, 0.15) is 11.6 Å². The van der Waals surface area contributed by atoms with Crippen LogP contribution in [0, 0.1) is 0 Å². The maximum absolute atomic E-state index is 14.4. The molecule has 14 nitrogen and oxygen atoms in total. The Morgan fingerprint density at radius 3 is 2.40 bits per heavy atom. The van der Waals surface area contributed by atoms with E-state index in [9.17, 15) is 27.7 Å². The lowest BCUT2D eigenvalue weighted by molar-refractivity contribution is -0.138. The second-order valence-electron chi connectivity index (χ2n) is 8.34. The molecule has 2 fully saturated rings. The molecule has 17 heteroatoms. The number of amides is 1. The van der Waals surface area contributed by atoms with Crippen molar-refractivity contribution < 1.29 is 51.4 Å². The monoisotopic (exact) mass is 590 g/mol. The number of hydrogen-bond acceptors (Lipinski definition) is 10. The Kier molecular flexibility index (Phi) is 11.9. The fourth-order valence-corrected chi connectivity index (χ4v) is 4.10. The molecule has 0 saturated carbocycles. The van der Waals surface area contributed by atoms with Gasteiger partial charge >= 0.3 is 19.4 Å². The van der Waals surface area contributed by atoms with Crippen LogP contribution < -0.4 is 21.0 Å². The van der Waals surface area contributed by atoms with Gasteiger partial charge < -0.3 is 24.4 Å². The number of esters is 1. The molecular weight excluding hydrogens is 561 g/mol. The van der Waals surface area contributed by atoms with E-state index in [0.717, 1.165) is 19.5 Å². The number of anilines is 1. The van der Waals surface area contributed by atoms with E-state index < -0.39 is 56.6 Å². The number of aromatic nitrogens is 2. The summed E-state index contributed by atoms with van der Waals surface area (Å²) < 4.78 is 61.5. The highest BCUT2D eigenvalue weighted by atomic mass is 31.2. The smallest absolute Gasteiger partial charge is 0.456 e. The average molecular weight is 590 g/mol. The van der Waals surface area contributed by atoms with Crippen LogP contribution in [-0.2, 0) is 32.9 Å². The Morgan fingerprint density at radius 1 is 1.25 bits per heavy atom. The van der Waals surface area contributed by atoms with Crippen molar-refractivity contribution in [3.8, 4) is 5.75 Å². The van der Waals surface area contributed by atoms with Gasteiger partial charge in [0.2, 0.25) is 12.1 Å². The Bertz CT molecular complexity index is 1270. The van der Waals surface area contributed by atoms with Gasteiger partial charge in [-0.15, -0.1) is 0 Å². The van der Waals surface area contributed by atoms with Crippen molar-refractivity contribution in [3.63, 3.8) is 0 Å². The minimum atomic E-state index is -4.08. The summed E-state index contributed by atoms with van der Waals surface area (Å²) in [5.74, 6) is -4.67. The van der Waals surface area contributed by atoms with Crippen LogP contribution >= 0.6 is 7.75 Å². The zero-order valence-corrected chi connectivity index (χ0v) is 22.4. The molecule has 1 aromatic heterocycles. The summed E-state index contributed by atoms with van der Waals surface area (Å²) in [5, 5.41) is 9.70. The zero-order valence-electron chi connectivity index (χ0n) is 21.5. The predicted molar refractivity (Wildman–Crippen MR) is 135 cm³/mol. The summed E-state index contributed by atoms with van der Waals surface area (Å²) in [5.41, 5.74) is 4.45. The number of carbonyl (C=O) groups is 3. The Balaban J connectivity index is 0.000000473. The largest absolute Gasteiger partial charge is 0.481 e. The number of ether oxygens (including phenoxy) is 2. The third-order valence-corrected chi connectivity index (χ3v) is 5.75. The van der Waals surface area contributed by atoms with E-state index >= 15 is 0 Å². The molecule has 1 amide bonds. The number of nitrogens with two attached hydrogens (primary N) is 1. The van der Waals surface area contributed by atoms with Gasteiger partial charge in [-0.2, -0.15) is 4.98 Å². The maximum atomic E-state index is 14.4. The number of nitrogens with zero attached hydrogens (tertiary/aromatic N) is 2. The van der Waals surface area contributed by atoms with Crippen molar-refractivity contribution in [1.29, 1.82) is 0 Å². The molecule has 220 valence electrons. The van der Waals surface area contributed by atoms with E-state index in [1.165, 1.54) is 25.1 Å². The molecule has 3 unspecified atom stereocenters. The quantitative estimate of drug-likeness (QED) is 0.315. The number of alkyl halides is 2. The first-order chi connectivity index (χ1) is 18.7. The summed E-state index contributed by atoms with van der Waals surface area (Å²) in [4.78, 5) is 45.7. The highest BCUT2D eigenvalue weighted by Crippen LogP contribution is 2.45. The molecule has 2 saturated heterocycles. The number of aliphatic carboxylic acids is 1. The molecule has 3 heterocycles. The van der Waals surface area contributed by atoms with Gasteiger partial charge in [0.25, 0.3) is 11.9 Å². The van der Waals surface area contributed by atoms with Crippen molar-refractivity contribution in [2.45, 2.75) is 51.4 Å². The summed E-state index contributed by atoms with van der Waals surface area (Å²) in [6.07, 6.45) is -1.39. The van der Waals surface area contributed by atoms with Gasteiger partial charge in [0, 0.05) is 32.9 Å². The zero-order chi connectivity index (χ0) is 29.9. The lowest BCUT2D eigenvalue weighted by Gasteiger charge is -2.20. The van der Waals surface area contributed by atoms with Gasteiger partial charge in [-0.25, -0.2) is 23.6 Å². The number of cyclic esters (lactones) is 1. The number of carboxylic acids is 1. The van der Waals surface area contributed by atoms with Crippen LogP contribution in [0.2, 0.25) is 0 Å². The highest BCUT2D eigenvalue weighted by Gasteiger charge is 2.52. The van der Waals surface area contributed by atoms with Crippen LogP contribution in [0.15, 0.2) is 47.4 Å². The van der Waals surface area contributed by atoms with Gasteiger partial charge in [-0.1, -0.05) is 18.2 Å². The second kappa shape index (κ2) is 14.6. The number of halogens is 2. The van der Waals surface area contributed by atoms with Crippen molar-refractivity contribution in [1.82, 2.24) is 9.55 Å². The average Bonchev–Trinajstić information content (AvgIpc) is 3.43. The number of rotatable bonds is 7. The fraction of sp³-hybridized carbons (Fsp3) is 0.435. The Labute approximate surface area is 227 Å². The second-order valence-corrected chi connectivity index (χ2v) is 9.86. The first-order valence-corrected chi connectivity index (χ1v) is 13.3. The predicted octanol–water partition coefficient (Wildman–Crippen LogP) is 2.70. The fourth-order valence-electron chi connectivity index (χ4n) is 3.26. The number of hydrogen-bond donors (Lipinski definition) is 3. The lowest BCUT2D eigenvalue weighted by atomic mass is 10.2. The molecule has 2 aromatic rings. The van der Waals surface area contributed by atoms with Crippen molar-refractivity contribution in [3.05, 3.63) is 53.1 Å². The molecule has 0 aliphatic carbocycles. The third-order valence-electron chi connectivity index (χ3n) is 4.77. The molecule has 4 N–H and O–H groups in total. The lowest BCUT2D eigenvalue weighted by Crippen LogP contribution is -2.35. The van der Waals surface area contributed by atoms with Crippen LogP contribution in [-0.4, -0.2) is 57.7 Å². The summed E-state index contributed by atoms with van der Waals surface area (Å²) >= 11 is 0. The topological polar surface area (TPSA) is 198 Å². The van der Waals surface area contributed by atoms with Crippen LogP contribution in [0.25, 0.3) is 0 Å². The third kappa shape index (κ3) is 11.2. The molecule has 0 spiro atoms. The first kappa shape index (κ1) is 32.5. The molecule has 1 aromatic carbocycles. The van der Waals surface area contributed by atoms with Gasteiger partial charge in [-0.3, -0.25) is 23.5 Å². The minimum absolute atomic E-state index is 0.0463. The number of benzene rings is 1. The SMILES string of the molecule is CC(=O)Nc1ccn(C2OC(COP(N)(=O)Oc3ccccc3)CC2(F)F)c(=O)n1.CC(=O)O.O=C1CCCO1. The van der Waals surface area contributed by atoms with E-state index in [-0.39, 0.29) is 17.5 Å².